The second kappa shape index (κ2) is 7.70. The molecule has 0 bridgehead atoms. The molecule has 0 amide bonds. The van der Waals surface area contributed by atoms with Crippen LogP contribution in [0, 0.1) is 10.8 Å². The van der Waals surface area contributed by atoms with Gasteiger partial charge < -0.3 is 10.4 Å². The van der Waals surface area contributed by atoms with Crippen molar-refractivity contribution in [3.8, 4) is 0 Å². The molecule has 140 valence electrons. The largest absolute Gasteiger partial charge is 1.00 e. The zero-order valence-corrected chi connectivity index (χ0v) is 20.5. The Hall–Kier alpha value is -0.146. The smallest absolute Gasteiger partial charge is 0.468 e. The van der Waals surface area contributed by atoms with E-state index in [1.54, 1.807) is 4.50 Å². The molecule has 1 aromatic rings. The van der Waals surface area contributed by atoms with E-state index in [4.69, 9.17) is 0 Å². The van der Waals surface area contributed by atoms with Gasteiger partial charge in [0.2, 0.25) is 0 Å². The fourth-order valence-corrected chi connectivity index (χ4v) is 15.0. The van der Waals surface area contributed by atoms with Crippen LogP contribution in [0.15, 0.2) is 17.1 Å². The van der Waals surface area contributed by atoms with Crippen LogP contribution in [0.1, 0.15) is 74.1 Å². The van der Waals surface area contributed by atoms with Gasteiger partial charge in [0.25, 0.3) is 0 Å². The molecule has 0 saturated carbocycles. The van der Waals surface area contributed by atoms with Crippen LogP contribution in [0.2, 0.25) is 16.6 Å². The Bertz CT molecular complexity index is 677. The number of amidine groups is 1. The van der Waals surface area contributed by atoms with Crippen LogP contribution < -0.4 is 23.4 Å². The molecule has 1 aliphatic rings. The van der Waals surface area contributed by atoms with Crippen molar-refractivity contribution in [2.75, 3.05) is 0 Å². The molecule has 0 aromatic carbocycles. The molecule has 0 aliphatic carbocycles. The van der Waals surface area contributed by atoms with Gasteiger partial charge in [-0.3, -0.25) is 0 Å². The summed E-state index contributed by atoms with van der Waals surface area (Å²) in [6, 6.07) is 4.62. The van der Waals surface area contributed by atoms with Crippen LogP contribution >= 0.6 is 11.3 Å². The Balaban J connectivity index is 0.00000338. The van der Waals surface area contributed by atoms with E-state index >= 15 is 0 Å². The average Bonchev–Trinajstić information content (AvgIpc) is 2.97. The molecule has 1 aromatic heterocycles. The normalized spacial score (nSPS) is 19.3. The topological polar surface area (TPSA) is 34.7 Å². The average molecular weight is 383 g/mol. The number of thiophene rings is 1. The van der Waals surface area contributed by atoms with E-state index in [1.807, 2.05) is 11.3 Å². The van der Waals surface area contributed by atoms with Crippen molar-refractivity contribution in [2.45, 2.75) is 85.9 Å². The van der Waals surface area contributed by atoms with Gasteiger partial charge in [0.05, 0.1) is 0 Å². The Morgan fingerprint density at radius 1 is 0.885 bits per heavy atom. The van der Waals surface area contributed by atoms with Gasteiger partial charge in [-0.1, -0.05) is 81.1 Å². The monoisotopic (exact) mass is 382 g/mol. The van der Waals surface area contributed by atoms with Crippen LogP contribution in [0.25, 0.3) is 5.41 Å². The summed E-state index contributed by atoms with van der Waals surface area (Å²) in [5, 5.41) is 10.4. The van der Waals surface area contributed by atoms with Gasteiger partial charge >= 0.3 is 18.9 Å². The third-order valence-corrected chi connectivity index (χ3v) is 16.1. The van der Waals surface area contributed by atoms with Crippen molar-refractivity contribution >= 4 is 35.5 Å². The van der Waals surface area contributed by atoms with E-state index in [1.165, 1.54) is 4.88 Å². The standard InChI is InChI=1S/C21H35N2SSi.Li/c1-13(2)25(14(3)4,15(5)6)17-12-11-16(24-17)18-20(7,8)21(9,10)19(22)23-18;/h11-15H,1-10H3;/q-1;+1. The first-order chi connectivity index (χ1) is 11.3. The predicted molar refractivity (Wildman–Crippen MR) is 117 cm³/mol. The second-order valence-electron chi connectivity index (χ2n) is 9.60. The van der Waals surface area contributed by atoms with Crippen LogP contribution in [-0.2, 0) is 0 Å². The molecule has 0 atom stereocenters. The summed E-state index contributed by atoms with van der Waals surface area (Å²) in [7, 11) is -1.64. The maximum Gasteiger partial charge on any atom is 1.00 e. The predicted octanol–water partition coefficient (Wildman–Crippen LogP) is 3.46. The van der Waals surface area contributed by atoms with Crippen LogP contribution in [0.3, 0.4) is 0 Å². The Labute approximate surface area is 178 Å². The summed E-state index contributed by atoms with van der Waals surface area (Å²) in [6.45, 7) is 23.0. The van der Waals surface area contributed by atoms with Gasteiger partial charge in [-0.25, -0.2) is 0 Å². The molecule has 0 N–H and O–H groups in total. The van der Waals surface area contributed by atoms with Crippen molar-refractivity contribution < 1.29 is 18.9 Å². The summed E-state index contributed by atoms with van der Waals surface area (Å²) < 4.78 is 1.59. The summed E-state index contributed by atoms with van der Waals surface area (Å²) in [5.74, 6) is 0.266. The van der Waals surface area contributed by atoms with E-state index in [9.17, 15) is 5.41 Å². The van der Waals surface area contributed by atoms with E-state index in [0.717, 1.165) is 5.71 Å². The third-order valence-electron chi connectivity index (χ3n) is 7.06. The molecule has 0 spiro atoms. The van der Waals surface area contributed by atoms with Crippen molar-refractivity contribution in [2.24, 2.45) is 15.8 Å². The van der Waals surface area contributed by atoms with Gasteiger partial charge in [-0.2, -0.15) is 0 Å². The quantitative estimate of drug-likeness (QED) is 0.699. The van der Waals surface area contributed by atoms with Crippen LogP contribution in [-0.4, -0.2) is 19.6 Å². The molecular formula is C21H35LiN2SSi. The molecule has 2 nitrogen and oxygen atoms in total. The molecule has 2 rings (SSSR count). The van der Waals surface area contributed by atoms with Crippen molar-refractivity contribution in [3.63, 3.8) is 0 Å². The zero-order chi connectivity index (χ0) is 19.4. The van der Waals surface area contributed by atoms with Crippen LogP contribution in [0.4, 0.5) is 0 Å². The maximum absolute atomic E-state index is 10.4. The first kappa shape index (κ1) is 23.9. The van der Waals surface area contributed by atoms with Gasteiger partial charge in [0.1, 0.15) is 8.07 Å². The minimum absolute atomic E-state index is 0. The van der Waals surface area contributed by atoms with E-state index in [-0.39, 0.29) is 35.5 Å². The molecule has 5 heteroatoms. The maximum atomic E-state index is 10.4. The SMILES string of the molecule is CC(C)[Si](c1ccc(C2=NC(=[N-])C(C)(C)C2(C)C)s1)(C(C)C)C(C)C.[Li+]. The van der Waals surface area contributed by atoms with Crippen LogP contribution in [0.5, 0.6) is 0 Å². The molecule has 2 heterocycles. The molecule has 26 heavy (non-hydrogen) atoms. The van der Waals surface area contributed by atoms with Gasteiger partial charge in [-0.15, -0.1) is 11.3 Å². The number of rotatable bonds is 5. The molecular weight excluding hydrogens is 347 g/mol. The second-order valence-corrected chi connectivity index (χ2v) is 16.9. The number of hydrogen-bond acceptors (Lipinski definition) is 1. The Morgan fingerprint density at radius 2 is 1.35 bits per heavy atom. The summed E-state index contributed by atoms with van der Waals surface area (Å²) in [6.07, 6.45) is 0. The third kappa shape index (κ3) is 3.26. The first-order valence-electron chi connectivity index (χ1n) is 9.57. The summed E-state index contributed by atoms with van der Waals surface area (Å²) in [4.78, 5) is 5.84. The molecule has 0 fully saturated rings. The van der Waals surface area contributed by atoms with Crippen molar-refractivity contribution in [1.29, 1.82) is 0 Å². The minimum atomic E-state index is -1.64. The molecule has 0 radical (unpaired) electrons. The first-order valence-corrected chi connectivity index (χ1v) is 12.6. The Kier molecular flexibility index (Phi) is 7.08. The van der Waals surface area contributed by atoms with E-state index < -0.39 is 8.07 Å². The number of aliphatic imine (C=N–C) groups is 1. The Morgan fingerprint density at radius 3 is 1.69 bits per heavy atom. The zero-order valence-electron chi connectivity index (χ0n) is 18.7. The fraction of sp³-hybridized carbons (Fsp3) is 0.714. The van der Waals surface area contributed by atoms with E-state index in [2.05, 4.69) is 86.4 Å². The van der Waals surface area contributed by atoms with Gasteiger partial charge in [0, 0.05) is 4.88 Å². The van der Waals surface area contributed by atoms with Crippen molar-refractivity contribution in [3.05, 3.63) is 22.4 Å². The molecule has 0 saturated heterocycles. The number of hydrogen-bond donors (Lipinski definition) is 0. The minimum Gasteiger partial charge on any atom is -0.468 e. The number of nitrogens with zero attached hydrogens (tertiary/aromatic N) is 2. The summed E-state index contributed by atoms with van der Waals surface area (Å²) in [5.41, 5.74) is 2.66. The van der Waals surface area contributed by atoms with E-state index in [0.29, 0.717) is 16.6 Å². The fourth-order valence-electron chi connectivity index (χ4n) is 4.88. The summed E-state index contributed by atoms with van der Waals surface area (Å²) >= 11 is 1.93. The van der Waals surface area contributed by atoms with Gasteiger partial charge in [0.15, 0.2) is 0 Å². The van der Waals surface area contributed by atoms with Gasteiger partial charge in [-0.05, 0) is 43.7 Å². The molecule has 1 aliphatic heterocycles. The molecule has 0 unspecified atom stereocenters. The van der Waals surface area contributed by atoms with Crippen molar-refractivity contribution in [1.82, 2.24) is 0 Å².